The number of rotatable bonds is 8. The standard InChI is InChI=1S/C16H16F2O2S.C7H17N/c1-3-4-12-9-14(7-5-11(12)2)21(19,20)16-10-13(17)6-8-15(16)18;1-4-7(2)5-6-8-3/h5-10H,3-4H2,1-2H3;7-8H,4-6H2,1-3H3. The fraction of sp³-hybridized carbons (Fsp3) is 0.478. The molecule has 29 heavy (non-hydrogen) atoms. The van der Waals surface area contributed by atoms with Gasteiger partial charge in [-0.05, 0) is 80.7 Å². The molecule has 1 unspecified atom stereocenters. The first-order valence-electron chi connectivity index (χ1n) is 10.1. The van der Waals surface area contributed by atoms with Crippen molar-refractivity contribution in [2.24, 2.45) is 5.92 Å². The van der Waals surface area contributed by atoms with E-state index in [2.05, 4.69) is 19.2 Å². The van der Waals surface area contributed by atoms with Crippen molar-refractivity contribution in [2.45, 2.75) is 63.2 Å². The maximum Gasteiger partial charge on any atom is 0.209 e. The second kappa shape index (κ2) is 12.0. The number of halogens is 2. The molecule has 0 amide bonds. The highest BCUT2D eigenvalue weighted by molar-refractivity contribution is 7.91. The summed E-state index contributed by atoms with van der Waals surface area (Å²) in [4.78, 5) is -0.644. The molecule has 0 saturated carbocycles. The molecule has 0 aliphatic rings. The molecule has 2 aromatic carbocycles. The van der Waals surface area contributed by atoms with Gasteiger partial charge in [-0.3, -0.25) is 0 Å². The van der Waals surface area contributed by atoms with Crippen LogP contribution in [0.3, 0.4) is 0 Å². The minimum Gasteiger partial charge on any atom is -0.320 e. The zero-order chi connectivity index (χ0) is 22.0. The molecule has 0 bridgehead atoms. The average molecular weight is 426 g/mol. The molecular formula is C23H33F2NO2S. The second-order valence-electron chi connectivity index (χ2n) is 7.32. The molecular weight excluding hydrogens is 392 g/mol. The average Bonchev–Trinajstić information content (AvgIpc) is 2.70. The predicted octanol–water partition coefficient (Wildman–Crippen LogP) is 5.70. The number of nitrogens with one attached hydrogen (secondary N) is 1. The van der Waals surface area contributed by atoms with Gasteiger partial charge in [-0.1, -0.05) is 39.7 Å². The molecule has 2 rings (SSSR count). The molecule has 0 aromatic heterocycles. The summed E-state index contributed by atoms with van der Waals surface area (Å²) in [6, 6.07) is 7.08. The van der Waals surface area contributed by atoms with Crippen molar-refractivity contribution in [1.29, 1.82) is 0 Å². The molecule has 0 fully saturated rings. The lowest BCUT2D eigenvalue weighted by Gasteiger charge is -2.10. The van der Waals surface area contributed by atoms with Crippen molar-refractivity contribution in [3.05, 3.63) is 59.2 Å². The van der Waals surface area contributed by atoms with Crippen LogP contribution < -0.4 is 5.32 Å². The van der Waals surface area contributed by atoms with E-state index in [4.69, 9.17) is 0 Å². The summed E-state index contributed by atoms with van der Waals surface area (Å²) in [6.45, 7) is 9.57. The van der Waals surface area contributed by atoms with Gasteiger partial charge in [-0.25, -0.2) is 17.2 Å². The largest absolute Gasteiger partial charge is 0.320 e. The Morgan fingerprint density at radius 3 is 2.34 bits per heavy atom. The molecule has 6 heteroatoms. The number of aryl methyl sites for hydroxylation is 2. The maximum atomic E-state index is 13.7. The van der Waals surface area contributed by atoms with Crippen LogP contribution in [0.2, 0.25) is 0 Å². The minimum atomic E-state index is -4.06. The number of benzene rings is 2. The molecule has 0 spiro atoms. The summed E-state index contributed by atoms with van der Waals surface area (Å²) < 4.78 is 51.9. The topological polar surface area (TPSA) is 46.2 Å². The predicted molar refractivity (Wildman–Crippen MR) is 115 cm³/mol. The Hall–Kier alpha value is -1.79. The zero-order valence-electron chi connectivity index (χ0n) is 18.1. The van der Waals surface area contributed by atoms with E-state index in [1.54, 1.807) is 12.1 Å². The van der Waals surface area contributed by atoms with Crippen LogP contribution in [0.15, 0.2) is 46.2 Å². The van der Waals surface area contributed by atoms with Crippen molar-refractivity contribution in [3.8, 4) is 0 Å². The molecule has 0 aliphatic carbocycles. The number of hydrogen-bond acceptors (Lipinski definition) is 3. The zero-order valence-corrected chi connectivity index (χ0v) is 18.9. The maximum absolute atomic E-state index is 13.7. The van der Waals surface area contributed by atoms with E-state index < -0.39 is 26.4 Å². The number of sulfone groups is 1. The Bertz CT molecular complexity index is 882. The second-order valence-corrected chi connectivity index (χ2v) is 9.24. The summed E-state index contributed by atoms with van der Waals surface area (Å²) in [5.41, 5.74) is 1.88. The van der Waals surface area contributed by atoms with E-state index in [-0.39, 0.29) is 4.90 Å². The summed E-state index contributed by atoms with van der Waals surface area (Å²) in [7, 11) is -2.06. The lowest BCUT2D eigenvalue weighted by molar-refractivity contribution is 0.503. The molecule has 2 aromatic rings. The summed E-state index contributed by atoms with van der Waals surface area (Å²) >= 11 is 0. The normalized spacial score (nSPS) is 12.2. The smallest absolute Gasteiger partial charge is 0.209 e. The highest BCUT2D eigenvalue weighted by atomic mass is 32.2. The quantitative estimate of drug-likeness (QED) is 0.590. The molecule has 1 N–H and O–H groups in total. The van der Waals surface area contributed by atoms with Crippen molar-refractivity contribution >= 4 is 9.84 Å². The van der Waals surface area contributed by atoms with E-state index in [1.165, 1.54) is 18.9 Å². The van der Waals surface area contributed by atoms with E-state index >= 15 is 0 Å². The van der Waals surface area contributed by atoms with Gasteiger partial charge in [0.2, 0.25) is 9.84 Å². The highest BCUT2D eigenvalue weighted by Gasteiger charge is 2.23. The Labute approximate surface area is 174 Å². The fourth-order valence-corrected chi connectivity index (χ4v) is 4.15. The van der Waals surface area contributed by atoms with Crippen LogP contribution in [0.5, 0.6) is 0 Å². The molecule has 0 heterocycles. The van der Waals surface area contributed by atoms with Crippen LogP contribution >= 0.6 is 0 Å². The van der Waals surface area contributed by atoms with Gasteiger partial charge in [-0.15, -0.1) is 0 Å². The van der Waals surface area contributed by atoms with Gasteiger partial charge in [0, 0.05) is 0 Å². The van der Waals surface area contributed by atoms with Crippen LogP contribution in [0.1, 0.15) is 51.2 Å². The number of hydrogen-bond donors (Lipinski definition) is 1. The van der Waals surface area contributed by atoms with Gasteiger partial charge in [0.25, 0.3) is 0 Å². The van der Waals surface area contributed by atoms with Crippen molar-refractivity contribution in [1.82, 2.24) is 5.32 Å². The monoisotopic (exact) mass is 425 g/mol. The van der Waals surface area contributed by atoms with E-state index in [9.17, 15) is 17.2 Å². The highest BCUT2D eigenvalue weighted by Crippen LogP contribution is 2.26. The SMILES string of the molecule is CCC(C)CCNC.CCCc1cc(S(=O)(=O)c2cc(F)ccc2F)ccc1C. The van der Waals surface area contributed by atoms with Crippen LogP contribution in [0.25, 0.3) is 0 Å². The Morgan fingerprint density at radius 1 is 1.07 bits per heavy atom. The summed E-state index contributed by atoms with van der Waals surface area (Å²) in [5, 5.41) is 3.13. The van der Waals surface area contributed by atoms with Crippen LogP contribution in [0, 0.1) is 24.5 Å². The molecule has 3 nitrogen and oxygen atoms in total. The van der Waals surface area contributed by atoms with E-state index in [1.807, 2.05) is 20.9 Å². The lowest BCUT2D eigenvalue weighted by atomic mass is 10.0. The Balaban J connectivity index is 0.000000447. The molecule has 0 aliphatic heterocycles. The van der Waals surface area contributed by atoms with Gasteiger partial charge >= 0.3 is 0 Å². The van der Waals surface area contributed by atoms with Gasteiger partial charge in [0.15, 0.2) is 0 Å². The lowest BCUT2D eigenvalue weighted by Crippen LogP contribution is -2.10. The van der Waals surface area contributed by atoms with Gasteiger partial charge in [-0.2, -0.15) is 0 Å². The fourth-order valence-electron chi connectivity index (χ4n) is 2.76. The third-order valence-corrected chi connectivity index (χ3v) is 6.68. The van der Waals surface area contributed by atoms with Gasteiger partial charge < -0.3 is 5.32 Å². The van der Waals surface area contributed by atoms with Crippen LogP contribution in [-0.2, 0) is 16.3 Å². The minimum absolute atomic E-state index is 0.0129. The first-order chi connectivity index (χ1) is 13.7. The van der Waals surface area contributed by atoms with E-state index in [0.29, 0.717) is 6.07 Å². The Morgan fingerprint density at radius 2 is 1.76 bits per heavy atom. The summed E-state index contributed by atoms with van der Waals surface area (Å²) in [5.74, 6) is -0.840. The Kier molecular flexibility index (Phi) is 10.5. The van der Waals surface area contributed by atoms with E-state index in [0.717, 1.165) is 48.6 Å². The summed E-state index contributed by atoms with van der Waals surface area (Å²) in [6.07, 6.45) is 4.23. The molecule has 0 saturated heterocycles. The van der Waals surface area contributed by atoms with Crippen molar-refractivity contribution in [2.75, 3.05) is 13.6 Å². The van der Waals surface area contributed by atoms with Crippen LogP contribution in [-0.4, -0.2) is 22.0 Å². The van der Waals surface area contributed by atoms with Gasteiger partial charge in [0.05, 0.1) is 4.90 Å². The van der Waals surface area contributed by atoms with Crippen molar-refractivity contribution in [3.63, 3.8) is 0 Å². The molecule has 1 atom stereocenters. The third kappa shape index (κ3) is 7.52. The van der Waals surface area contributed by atoms with Gasteiger partial charge in [0.1, 0.15) is 16.5 Å². The third-order valence-electron chi connectivity index (χ3n) is 4.92. The first kappa shape index (κ1) is 25.2. The van der Waals surface area contributed by atoms with Crippen LogP contribution in [0.4, 0.5) is 8.78 Å². The first-order valence-corrected chi connectivity index (χ1v) is 11.6. The molecule has 0 radical (unpaired) electrons. The molecule has 162 valence electrons. The van der Waals surface area contributed by atoms with Crippen molar-refractivity contribution < 1.29 is 17.2 Å².